The lowest BCUT2D eigenvalue weighted by atomic mass is 9.91. The molecule has 2 atom stereocenters. The number of rotatable bonds is 5. The average Bonchev–Trinajstić information content (AvgIpc) is 2.97. The van der Waals surface area contributed by atoms with Gasteiger partial charge in [-0.25, -0.2) is 13.6 Å². The highest BCUT2D eigenvalue weighted by atomic mass is 19.1. The molecule has 0 unspecified atom stereocenters. The summed E-state index contributed by atoms with van der Waals surface area (Å²) in [5, 5.41) is 2.98. The molecule has 144 valence electrons. The van der Waals surface area contributed by atoms with Gasteiger partial charge in [-0.15, -0.1) is 0 Å². The van der Waals surface area contributed by atoms with Gasteiger partial charge in [0.1, 0.15) is 11.6 Å². The van der Waals surface area contributed by atoms with Crippen LogP contribution in [0, 0.1) is 23.5 Å². The van der Waals surface area contributed by atoms with Crippen LogP contribution >= 0.6 is 0 Å². The van der Waals surface area contributed by atoms with E-state index >= 15 is 0 Å². The maximum Gasteiger partial charge on any atom is 0.317 e. The fraction of sp³-hybridized carbons (Fsp3) is 0.579. The molecule has 0 radical (unpaired) electrons. The minimum Gasteiger partial charge on any atom is -0.340 e. The highest BCUT2D eigenvalue weighted by Gasteiger charge is 2.37. The van der Waals surface area contributed by atoms with Crippen LogP contribution in [-0.4, -0.2) is 55.0 Å². The second-order valence-corrected chi connectivity index (χ2v) is 7.39. The van der Waals surface area contributed by atoms with Crippen molar-refractivity contribution < 1.29 is 18.4 Å². The number of carbonyl (C=O) groups excluding carboxylic acids is 2. The van der Waals surface area contributed by atoms with Gasteiger partial charge < -0.3 is 15.1 Å². The zero-order chi connectivity index (χ0) is 19.4. The standard InChI is InChI=1S/C19H27F2N3O2/c1-12(2)15-10-24(11-17(15)22-19(26)23(3)4)18(25)8-6-13-5-7-14(20)9-16(13)21/h5,7,9,12,15,17H,6,8,10-11H2,1-4H3,(H,22,26)/t15-,17+/m0/s1. The molecule has 0 bridgehead atoms. The molecule has 1 aliphatic heterocycles. The molecular formula is C19H27F2N3O2. The van der Waals surface area contributed by atoms with Crippen LogP contribution in [0.4, 0.5) is 13.6 Å². The topological polar surface area (TPSA) is 52.7 Å². The first-order valence-corrected chi connectivity index (χ1v) is 8.88. The van der Waals surface area contributed by atoms with Crippen LogP contribution in [0.5, 0.6) is 0 Å². The van der Waals surface area contributed by atoms with E-state index in [1.165, 1.54) is 17.0 Å². The molecule has 1 aliphatic rings. The van der Waals surface area contributed by atoms with Crippen LogP contribution in [0.1, 0.15) is 25.8 Å². The molecule has 1 aromatic rings. The predicted octanol–water partition coefficient (Wildman–Crippen LogP) is 2.65. The van der Waals surface area contributed by atoms with Gasteiger partial charge in [-0.3, -0.25) is 4.79 Å². The molecule has 2 rings (SSSR count). The fourth-order valence-corrected chi connectivity index (χ4v) is 3.27. The van der Waals surface area contributed by atoms with Gasteiger partial charge in [0.15, 0.2) is 0 Å². The smallest absolute Gasteiger partial charge is 0.317 e. The van der Waals surface area contributed by atoms with E-state index in [9.17, 15) is 18.4 Å². The van der Waals surface area contributed by atoms with E-state index in [2.05, 4.69) is 19.2 Å². The molecule has 7 heteroatoms. The Labute approximate surface area is 153 Å². The first-order valence-electron chi connectivity index (χ1n) is 8.88. The Kier molecular flexibility index (Phi) is 6.56. The van der Waals surface area contributed by atoms with E-state index < -0.39 is 11.6 Å². The minimum atomic E-state index is -0.629. The lowest BCUT2D eigenvalue weighted by molar-refractivity contribution is -0.130. The number of nitrogens with one attached hydrogen (secondary N) is 1. The molecule has 1 heterocycles. The molecule has 1 aromatic carbocycles. The van der Waals surface area contributed by atoms with Crippen molar-refractivity contribution in [1.29, 1.82) is 0 Å². The van der Waals surface area contributed by atoms with Crippen molar-refractivity contribution in [3.63, 3.8) is 0 Å². The lowest BCUT2D eigenvalue weighted by Crippen LogP contribution is -2.46. The molecule has 1 fully saturated rings. The molecule has 0 aromatic heterocycles. The average molecular weight is 367 g/mol. The predicted molar refractivity (Wildman–Crippen MR) is 95.6 cm³/mol. The van der Waals surface area contributed by atoms with Gasteiger partial charge in [-0.2, -0.15) is 0 Å². The third-order valence-electron chi connectivity index (χ3n) is 4.91. The number of halogens is 2. The van der Waals surface area contributed by atoms with Crippen molar-refractivity contribution in [3.8, 4) is 0 Å². The van der Waals surface area contributed by atoms with E-state index in [0.29, 0.717) is 24.6 Å². The first kappa shape index (κ1) is 20.1. The zero-order valence-electron chi connectivity index (χ0n) is 15.8. The molecule has 3 amide bonds. The summed E-state index contributed by atoms with van der Waals surface area (Å²) in [5.41, 5.74) is 0.330. The molecule has 1 saturated heterocycles. The van der Waals surface area contributed by atoms with Crippen LogP contribution in [0.25, 0.3) is 0 Å². The highest BCUT2D eigenvalue weighted by molar-refractivity contribution is 5.77. The van der Waals surface area contributed by atoms with Gasteiger partial charge in [0, 0.05) is 45.6 Å². The first-order chi connectivity index (χ1) is 12.2. The summed E-state index contributed by atoms with van der Waals surface area (Å²) in [7, 11) is 3.35. The Morgan fingerprint density at radius 2 is 1.96 bits per heavy atom. The molecule has 1 N–H and O–H groups in total. The summed E-state index contributed by atoms with van der Waals surface area (Å²) < 4.78 is 26.7. The van der Waals surface area contributed by atoms with Gasteiger partial charge in [-0.1, -0.05) is 19.9 Å². The van der Waals surface area contributed by atoms with Gasteiger partial charge in [0.05, 0.1) is 6.04 Å². The van der Waals surface area contributed by atoms with Gasteiger partial charge in [0.25, 0.3) is 0 Å². The summed E-state index contributed by atoms with van der Waals surface area (Å²) in [6.45, 7) is 5.16. The molecular weight excluding hydrogens is 340 g/mol. The number of urea groups is 1. The van der Waals surface area contributed by atoms with Crippen LogP contribution in [-0.2, 0) is 11.2 Å². The van der Waals surface area contributed by atoms with E-state index in [0.717, 1.165) is 6.07 Å². The normalized spacial score (nSPS) is 19.7. The van der Waals surface area contributed by atoms with E-state index in [1.54, 1.807) is 19.0 Å². The summed E-state index contributed by atoms with van der Waals surface area (Å²) in [5.74, 6) is -0.854. The van der Waals surface area contributed by atoms with Gasteiger partial charge in [-0.05, 0) is 24.0 Å². The summed E-state index contributed by atoms with van der Waals surface area (Å²) in [4.78, 5) is 27.7. The Balaban J connectivity index is 1.97. The third kappa shape index (κ3) is 4.93. The molecule has 0 aliphatic carbocycles. The molecule has 0 spiro atoms. The quantitative estimate of drug-likeness (QED) is 0.870. The van der Waals surface area contributed by atoms with Crippen LogP contribution in [0.3, 0.4) is 0 Å². The zero-order valence-corrected chi connectivity index (χ0v) is 15.8. The largest absolute Gasteiger partial charge is 0.340 e. The number of hydrogen-bond acceptors (Lipinski definition) is 2. The van der Waals surface area contributed by atoms with Gasteiger partial charge in [0.2, 0.25) is 5.91 Å². The molecule has 26 heavy (non-hydrogen) atoms. The van der Waals surface area contributed by atoms with Crippen molar-refractivity contribution in [3.05, 3.63) is 35.4 Å². The lowest BCUT2D eigenvalue weighted by Gasteiger charge is -2.24. The van der Waals surface area contributed by atoms with Crippen molar-refractivity contribution in [2.24, 2.45) is 11.8 Å². The summed E-state index contributed by atoms with van der Waals surface area (Å²) in [6, 6.07) is 3.12. The van der Waals surface area contributed by atoms with Crippen LogP contribution < -0.4 is 5.32 Å². The fourth-order valence-electron chi connectivity index (χ4n) is 3.27. The van der Waals surface area contributed by atoms with Crippen molar-refractivity contribution >= 4 is 11.9 Å². The number of likely N-dealkylation sites (tertiary alicyclic amines) is 1. The highest BCUT2D eigenvalue weighted by Crippen LogP contribution is 2.25. The van der Waals surface area contributed by atoms with Crippen molar-refractivity contribution in [2.75, 3.05) is 27.2 Å². The second kappa shape index (κ2) is 8.47. The SMILES string of the molecule is CC(C)[C@@H]1CN(C(=O)CCc2ccc(F)cc2F)C[C@H]1NC(=O)N(C)C. The minimum absolute atomic E-state index is 0.0824. The Morgan fingerprint density at radius 1 is 1.27 bits per heavy atom. The number of aryl methyl sites for hydroxylation is 1. The van der Waals surface area contributed by atoms with E-state index in [1.807, 2.05) is 0 Å². The number of hydrogen-bond donors (Lipinski definition) is 1. The third-order valence-corrected chi connectivity index (χ3v) is 4.91. The summed E-state index contributed by atoms with van der Waals surface area (Å²) in [6.07, 6.45) is 0.379. The number of nitrogens with zero attached hydrogens (tertiary/aromatic N) is 2. The van der Waals surface area contributed by atoms with Gasteiger partial charge >= 0.3 is 6.03 Å². The number of benzene rings is 1. The van der Waals surface area contributed by atoms with Crippen LogP contribution in [0.2, 0.25) is 0 Å². The molecule has 0 saturated carbocycles. The number of amides is 3. The van der Waals surface area contributed by atoms with E-state index in [4.69, 9.17) is 0 Å². The number of carbonyl (C=O) groups is 2. The van der Waals surface area contributed by atoms with Crippen molar-refractivity contribution in [1.82, 2.24) is 15.1 Å². The van der Waals surface area contributed by atoms with Crippen LogP contribution in [0.15, 0.2) is 18.2 Å². The van der Waals surface area contributed by atoms with Crippen molar-refractivity contribution in [2.45, 2.75) is 32.7 Å². The monoisotopic (exact) mass is 367 g/mol. The van der Waals surface area contributed by atoms with E-state index in [-0.39, 0.29) is 36.7 Å². The maximum atomic E-state index is 13.7. The Morgan fingerprint density at radius 3 is 2.54 bits per heavy atom. The maximum absolute atomic E-state index is 13.7. The Hall–Kier alpha value is -2.18. The Bertz CT molecular complexity index is 664. The summed E-state index contributed by atoms with van der Waals surface area (Å²) >= 11 is 0. The second-order valence-electron chi connectivity index (χ2n) is 7.39. The molecule has 5 nitrogen and oxygen atoms in total.